The second-order valence-corrected chi connectivity index (χ2v) is 3.69. The number of aromatic carboxylic acids is 1. The number of ether oxygens (including phenoxy) is 1. The van der Waals surface area contributed by atoms with Gasteiger partial charge in [0.25, 0.3) is 0 Å². The summed E-state index contributed by atoms with van der Waals surface area (Å²) in [6, 6.07) is 8.26. The minimum absolute atomic E-state index is 0.0460. The summed E-state index contributed by atoms with van der Waals surface area (Å²) in [6.07, 6.45) is 0. The fourth-order valence-electron chi connectivity index (χ4n) is 1.50. The van der Waals surface area contributed by atoms with E-state index in [0.29, 0.717) is 11.4 Å². The molecule has 0 unspecified atom stereocenters. The van der Waals surface area contributed by atoms with Crippen LogP contribution in [0.25, 0.3) is 0 Å². The zero-order chi connectivity index (χ0) is 13.8. The fraction of sp³-hybridized carbons (Fsp3) is 0.0833. The molecule has 1 aromatic carbocycles. The molecule has 0 spiro atoms. The first-order valence-corrected chi connectivity index (χ1v) is 5.37. The average molecular weight is 260 g/mol. The Balaban J connectivity index is 2.34. The fourth-order valence-corrected chi connectivity index (χ4v) is 1.50. The molecule has 1 aromatic heterocycles. The van der Waals surface area contributed by atoms with Crippen LogP contribution in [-0.2, 0) is 0 Å². The lowest BCUT2D eigenvalue weighted by Gasteiger charge is -2.09. The molecule has 1 heterocycles. The number of anilines is 3. The van der Waals surface area contributed by atoms with Crippen molar-refractivity contribution in [3.8, 4) is 5.75 Å². The topological polar surface area (TPSA) is 110 Å². The van der Waals surface area contributed by atoms with E-state index in [-0.39, 0.29) is 17.2 Å². The molecule has 7 nitrogen and oxygen atoms in total. The van der Waals surface area contributed by atoms with E-state index in [1.165, 1.54) is 6.07 Å². The maximum absolute atomic E-state index is 11.1. The van der Waals surface area contributed by atoms with E-state index >= 15 is 0 Å². The Kier molecular flexibility index (Phi) is 3.46. The van der Waals surface area contributed by atoms with E-state index in [0.717, 1.165) is 0 Å². The third-order valence-corrected chi connectivity index (χ3v) is 2.38. The minimum atomic E-state index is -1.13. The molecule has 2 aromatic rings. The van der Waals surface area contributed by atoms with Crippen molar-refractivity contribution in [3.05, 3.63) is 35.9 Å². The van der Waals surface area contributed by atoms with Gasteiger partial charge < -0.3 is 20.9 Å². The Hall–Kier alpha value is -2.83. The van der Waals surface area contributed by atoms with E-state index < -0.39 is 5.97 Å². The zero-order valence-electron chi connectivity index (χ0n) is 10.1. The molecule has 0 aliphatic carbocycles. The third-order valence-electron chi connectivity index (χ3n) is 2.38. The molecule has 4 N–H and O–H groups in total. The second-order valence-electron chi connectivity index (χ2n) is 3.69. The SMILES string of the molecule is COc1cccc(Nc2nnc(N)cc2C(=O)O)c1. The van der Waals surface area contributed by atoms with Gasteiger partial charge in [-0.1, -0.05) is 6.07 Å². The Morgan fingerprint density at radius 2 is 2.16 bits per heavy atom. The Morgan fingerprint density at radius 3 is 2.84 bits per heavy atom. The maximum Gasteiger partial charge on any atom is 0.339 e. The first-order valence-electron chi connectivity index (χ1n) is 5.37. The van der Waals surface area contributed by atoms with Crippen LogP contribution in [0.1, 0.15) is 10.4 Å². The highest BCUT2D eigenvalue weighted by Crippen LogP contribution is 2.22. The first kappa shape index (κ1) is 12.6. The van der Waals surface area contributed by atoms with Gasteiger partial charge in [-0.2, -0.15) is 0 Å². The second kappa shape index (κ2) is 5.21. The van der Waals surface area contributed by atoms with Gasteiger partial charge in [-0.25, -0.2) is 4.79 Å². The Bertz CT molecular complexity index is 616. The van der Waals surface area contributed by atoms with Crippen molar-refractivity contribution >= 4 is 23.3 Å². The number of nitrogens with zero attached hydrogens (tertiary/aromatic N) is 2. The summed E-state index contributed by atoms with van der Waals surface area (Å²) < 4.78 is 5.08. The van der Waals surface area contributed by atoms with Crippen molar-refractivity contribution in [2.75, 3.05) is 18.2 Å². The van der Waals surface area contributed by atoms with Crippen LogP contribution in [0.15, 0.2) is 30.3 Å². The monoisotopic (exact) mass is 260 g/mol. The lowest BCUT2D eigenvalue weighted by molar-refractivity contribution is 0.0697. The molecule has 0 atom stereocenters. The van der Waals surface area contributed by atoms with Crippen molar-refractivity contribution in [3.63, 3.8) is 0 Å². The van der Waals surface area contributed by atoms with Gasteiger partial charge in [-0.05, 0) is 12.1 Å². The lowest BCUT2D eigenvalue weighted by Crippen LogP contribution is -2.08. The third kappa shape index (κ3) is 2.89. The smallest absolute Gasteiger partial charge is 0.339 e. The number of carboxylic acid groups (broad SMARTS) is 1. The van der Waals surface area contributed by atoms with Crippen molar-refractivity contribution in [2.24, 2.45) is 0 Å². The predicted molar refractivity (Wildman–Crippen MR) is 69.7 cm³/mol. The number of benzene rings is 1. The normalized spacial score (nSPS) is 9.95. The number of hydrogen-bond donors (Lipinski definition) is 3. The molecule has 0 amide bonds. The summed E-state index contributed by atoms with van der Waals surface area (Å²) in [7, 11) is 1.55. The van der Waals surface area contributed by atoms with Gasteiger partial charge in [0.15, 0.2) is 5.82 Å². The van der Waals surface area contributed by atoms with Crippen LogP contribution in [-0.4, -0.2) is 28.4 Å². The first-order chi connectivity index (χ1) is 9.10. The quantitative estimate of drug-likeness (QED) is 0.764. The highest BCUT2D eigenvalue weighted by atomic mass is 16.5. The van der Waals surface area contributed by atoms with Gasteiger partial charge >= 0.3 is 5.97 Å². The average Bonchev–Trinajstić information content (AvgIpc) is 2.41. The van der Waals surface area contributed by atoms with E-state index in [4.69, 9.17) is 15.6 Å². The van der Waals surface area contributed by atoms with Gasteiger partial charge in [-0.3, -0.25) is 0 Å². The number of nitrogens with one attached hydrogen (secondary N) is 1. The Morgan fingerprint density at radius 1 is 1.37 bits per heavy atom. The van der Waals surface area contributed by atoms with Gasteiger partial charge in [0, 0.05) is 17.8 Å². The van der Waals surface area contributed by atoms with Crippen molar-refractivity contribution in [2.45, 2.75) is 0 Å². The largest absolute Gasteiger partial charge is 0.497 e. The molecular formula is C12H12N4O3. The summed E-state index contributed by atoms with van der Waals surface area (Å²) in [5.41, 5.74) is 6.01. The van der Waals surface area contributed by atoms with E-state index in [2.05, 4.69) is 15.5 Å². The number of hydrogen-bond acceptors (Lipinski definition) is 6. The van der Waals surface area contributed by atoms with Gasteiger partial charge in [0.1, 0.15) is 17.1 Å². The summed E-state index contributed by atoms with van der Waals surface area (Å²) >= 11 is 0. The molecule has 0 aliphatic rings. The molecule has 0 bridgehead atoms. The van der Waals surface area contributed by atoms with Crippen molar-refractivity contribution in [1.82, 2.24) is 10.2 Å². The van der Waals surface area contributed by atoms with Crippen LogP contribution in [0.2, 0.25) is 0 Å². The van der Waals surface area contributed by atoms with Gasteiger partial charge in [0.05, 0.1) is 7.11 Å². The van der Waals surface area contributed by atoms with Gasteiger partial charge in [0.2, 0.25) is 0 Å². The standard InChI is InChI=1S/C12H12N4O3/c1-19-8-4-2-3-7(5-8)14-11-9(12(17)18)6-10(13)15-16-11/h2-6H,1H3,(H2,13,15)(H,14,16)(H,17,18). The summed E-state index contributed by atoms with van der Waals surface area (Å²) in [4.78, 5) is 11.1. The highest BCUT2D eigenvalue weighted by Gasteiger charge is 2.13. The summed E-state index contributed by atoms with van der Waals surface area (Å²) in [6.45, 7) is 0. The molecule has 98 valence electrons. The number of carboxylic acids is 1. The number of nitrogen functional groups attached to an aromatic ring is 1. The van der Waals surface area contributed by atoms with Gasteiger partial charge in [-0.15, -0.1) is 10.2 Å². The Labute approximate surface area is 109 Å². The number of nitrogens with two attached hydrogens (primary N) is 1. The number of rotatable bonds is 4. The molecule has 7 heteroatoms. The van der Waals surface area contributed by atoms with Crippen LogP contribution in [0.5, 0.6) is 5.75 Å². The van der Waals surface area contributed by atoms with Crippen molar-refractivity contribution in [1.29, 1.82) is 0 Å². The molecule has 0 fully saturated rings. The minimum Gasteiger partial charge on any atom is -0.497 e. The molecular weight excluding hydrogens is 248 g/mol. The lowest BCUT2D eigenvalue weighted by atomic mass is 10.2. The van der Waals surface area contributed by atoms with Crippen LogP contribution in [0.3, 0.4) is 0 Å². The molecule has 0 saturated carbocycles. The molecule has 0 saturated heterocycles. The maximum atomic E-state index is 11.1. The van der Waals surface area contributed by atoms with Crippen molar-refractivity contribution < 1.29 is 14.6 Å². The number of methoxy groups -OCH3 is 1. The molecule has 19 heavy (non-hydrogen) atoms. The zero-order valence-corrected chi connectivity index (χ0v) is 10.1. The predicted octanol–water partition coefficient (Wildman–Crippen LogP) is 1.51. The molecule has 2 rings (SSSR count). The summed E-state index contributed by atoms with van der Waals surface area (Å²) in [5.74, 6) is -0.319. The number of carbonyl (C=O) groups is 1. The van der Waals surface area contributed by atoms with E-state index in [1.807, 2.05) is 0 Å². The van der Waals surface area contributed by atoms with E-state index in [9.17, 15) is 4.79 Å². The molecule has 0 radical (unpaired) electrons. The van der Waals surface area contributed by atoms with Crippen LogP contribution in [0.4, 0.5) is 17.3 Å². The van der Waals surface area contributed by atoms with Crippen LogP contribution in [0, 0.1) is 0 Å². The van der Waals surface area contributed by atoms with E-state index in [1.54, 1.807) is 31.4 Å². The molecule has 0 aliphatic heterocycles. The summed E-state index contributed by atoms with van der Waals surface area (Å²) in [5, 5.41) is 19.3. The number of aromatic nitrogens is 2. The van der Waals surface area contributed by atoms with Crippen LogP contribution >= 0.6 is 0 Å². The highest BCUT2D eigenvalue weighted by molar-refractivity contribution is 5.94. The van der Waals surface area contributed by atoms with Crippen LogP contribution < -0.4 is 15.8 Å².